The number of aromatic nitrogens is 1. The van der Waals surface area contributed by atoms with Gasteiger partial charge in [0.05, 0.1) is 17.7 Å². The van der Waals surface area contributed by atoms with Crippen molar-refractivity contribution >= 4 is 22.4 Å². The lowest BCUT2D eigenvalue weighted by Gasteiger charge is -2.18. The highest BCUT2D eigenvalue weighted by Gasteiger charge is 2.18. The molecule has 124 valence electrons. The fraction of sp³-hybridized carbons (Fsp3) is 0.211. The molecule has 1 aromatic heterocycles. The maximum absolute atomic E-state index is 12.8. The molecule has 3 aromatic rings. The summed E-state index contributed by atoms with van der Waals surface area (Å²) in [6.45, 7) is 2.04. The number of aliphatic hydroxyl groups is 1. The van der Waals surface area contributed by atoms with Crippen LogP contribution < -0.4 is 10.4 Å². The van der Waals surface area contributed by atoms with Crippen molar-refractivity contribution in [3.8, 4) is 11.1 Å². The number of benzene rings is 2. The van der Waals surface area contributed by atoms with Crippen LogP contribution in [-0.2, 0) is 6.61 Å². The molecule has 24 heavy (non-hydrogen) atoms. The number of hydrogen-bond acceptors (Lipinski definition) is 3. The number of halogens is 1. The Morgan fingerprint density at radius 1 is 1.12 bits per heavy atom. The molecule has 1 N–H and O–H groups in total. The highest BCUT2D eigenvalue weighted by molar-refractivity contribution is 6.31. The lowest BCUT2D eigenvalue weighted by molar-refractivity contribution is 0.0866. The van der Waals surface area contributed by atoms with Crippen molar-refractivity contribution in [1.82, 2.24) is 4.73 Å². The van der Waals surface area contributed by atoms with Gasteiger partial charge in [-0.25, -0.2) is 0 Å². The van der Waals surface area contributed by atoms with Crippen molar-refractivity contribution < 1.29 is 9.94 Å². The fourth-order valence-corrected chi connectivity index (χ4v) is 2.96. The molecule has 2 aromatic carbocycles. The van der Waals surface area contributed by atoms with Gasteiger partial charge in [-0.2, -0.15) is 0 Å². The van der Waals surface area contributed by atoms with Gasteiger partial charge in [-0.1, -0.05) is 48.9 Å². The molecule has 0 aliphatic carbocycles. The summed E-state index contributed by atoms with van der Waals surface area (Å²) in [7, 11) is 0. The monoisotopic (exact) mass is 343 g/mol. The predicted octanol–water partition coefficient (Wildman–Crippen LogP) is 3.65. The molecule has 4 nitrogen and oxygen atoms in total. The SMILES string of the molecule is CCCOn1c(CO)c(-c2ccccc2)c2cc(Cl)ccc2c1=O. The van der Waals surface area contributed by atoms with E-state index in [4.69, 9.17) is 16.4 Å². The number of hydrogen-bond donors (Lipinski definition) is 1. The third kappa shape index (κ3) is 2.90. The van der Waals surface area contributed by atoms with E-state index in [2.05, 4.69) is 0 Å². The average molecular weight is 344 g/mol. The van der Waals surface area contributed by atoms with Crippen LogP contribution in [0.15, 0.2) is 53.3 Å². The Morgan fingerprint density at radius 3 is 2.54 bits per heavy atom. The second-order valence-corrected chi connectivity index (χ2v) is 5.90. The van der Waals surface area contributed by atoms with Crippen molar-refractivity contribution in [2.45, 2.75) is 20.0 Å². The van der Waals surface area contributed by atoms with Crippen molar-refractivity contribution in [1.29, 1.82) is 0 Å². The molecule has 0 unspecified atom stereocenters. The van der Waals surface area contributed by atoms with Gasteiger partial charge >= 0.3 is 0 Å². The van der Waals surface area contributed by atoms with E-state index in [0.29, 0.717) is 28.1 Å². The fourth-order valence-electron chi connectivity index (χ4n) is 2.79. The average Bonchev–Trinajstić information content (AvgIpc) is 2.61. The van der Waals surface area contributed by atoms with Crippen LogP contribution in [0.3, 0.4) is 0 Å². The summed E-state index contributed by atoms with van der Waals surface area (Å²) in [6.07, 6.45) is 0.761. The molecule has 0 aliphatic heterocycles. The molecule has 0 fully saturated rings. The molecule has 0 atom stereocenters. The van der Waals surface area contributed by atoms with E-state index in [1.807, 2.05) is 37.3 Å². The summed E-state index contributed by atoms with van der Waals surface area (Å²) in [5, 5.41) is 11.7. The first-order chi connectivity index (χ1) is 11.7. The minimum Gasteiger partial charge on any atom is -0.410 e. The third-order valence-electron chi connectivity index (χ3n) is 3.84. The molecular formula is C19H18ClNO3. The lowest BCUT2D eigenvalue weighted by Crippen LogP contribution is -2.31. The summed E-state index contributed by atoms with van der Waals surface area (Å²) < 4.78 is 1.21. The number of aliphatic hydroxyl groups excluding tert-OH is 1. The third-order valence-corrected chi connectivity index (χ3v) is 4.07. The second-order valence-electron chi connectivity index (χ2n) is 5.47. The van der Waals surface area contributed by atoms with Crippen LogP contribution in [0.4, 0.5) is 0 Å². The molecule has 0 spiro atoms. The smallest absolute Gasteiger partial charge is 0.291 e. The molecule has 0 aliphatic rings. The molecule has 5 heteroatoms. The Bertz CT molecular complexity index is 919. The molecule has 1 heterocycles. The second kappa shape index (κ2) is 7.07. The van der Waals surface area contributed by atoms with Gasteiger partial charge in [0.2, 0.25) is 0 Å². The Kier molecular flexibility index (Phi) is 4.88. The van der Waals surface area contributed by atoms with E-state index in [9.17, 15) is 9.90 Å². The number of nitrogens with zero attached hydrogens (tertiary/aromatic N) is 1. The number of fused-ring (bicyclic) bond motifs is 1. The first kappa shape index (κ1) is 16.6. The molecule has 3 rings (SSSR count). The van der Waals surface area contributed by atoms with Crippen molar-refractivity contribution in [2.75, 3.05) is 6.61 Å². The zero-order chi connectivity index (χ0) is 17.1. The minimum absolute atomic E-state index is 0.293. The maximum Gasteiger partial charge on any atom is 0.291 e. The molecule has 0 radical (unpaired) electrons. The van der Waals surface area contributed by atoms with Crippen LogP contribution in [-0.4, -0.2) is 16.4 Å². The van der Waals surface area contributed by atoms with Crippen LogP contribution in [0.2, 0.25) is 5.02 Å². The standard InChI is InChI=1S/C19H18ClNO3/c1-2-10-24-21-17(12-22)18(13-6-4-3-5-7-13)16-11-14(20)8-9-15(16)19(21)23/h3-9,11,22H,2,10,12H2,1H3. The van der Waals surface area contributed by atoms with E-state index in [-0.39, 0.29) is 12.2 Å². The van der Waals surface area contributed by atoms with Crippen LogP contribution >= 0.6 is 11.6 Å². The van der Waals surface area contributed by atoms with Gasteiger partial charge in [0.15, 0.2) is 0 Å². The molecule has 0 bridgehead atoms. The van der Waals surface area contributed by atoms with Crippen LogP contribution in [0, 0.1) is 0 Å². The van der Waals surface area contributed by atoms with Crippen LogP contribution in [0.1, 0.15) is 19.0 Å². The summed E-state index contributed by atoms with van der Waals surface area (Å²) >= 11 is 6.15. The summed E-state index contributed by atoms with van der Waals surface area (Å²) in [4.78, 5) is 18.4. The van der Waals surface area contributed by atoms with Crippen molar-refractivity contribution in [2.24, 2.45) is 0 Å². The number of pyridine rings is 1. The largest absolute Gasteiger partial charge is 0.410 e. The molecular weight excluding hydrogens is 326 g/mol. The van der Waals surface area contributed by atoms with Crippen LogP contribution in [0.5, 0.6) is 0 Å². The van der Waals surface area contributed by atoms with Crippen molar-refractivity contribution in [3.63, 3.8) is 0 Å². The van der Waals surface area contributed by atoms with Gasteiger partial charge in [0.1, 0.15) is 6.61 Å². The van der Waals surface area contributed by atoms with Gasteiger partial charge in [0.25, 0.3) is 5.56 Å². The molecule has 0 saturated carbocycles. The van der Waals surface area contributed by atoms with E-state index >= 15 is 0 Å². The topological polar surface area (TPSA) is 51.5 Å². The van der Waals surface area contributed by atoms with Gasteiger partial charge in [0, 0.05) is 10.6 Å². The van der Waals surface area contributed by atoms with Gasteiger partial charge in [-0.3, -0.25) is 4.79 Å². The summed E-state index contributed by atoms with van der Waals surface area (Å²) in [5.41, 5.74) is 1.78. The molecule has 0 saturated heterocycles. The zero-order valence-corrected chi connectivity index (χ0v) is 14.1. The van der Waals surface area contributed by atoms with Gasteiger partial charge in [-0.15, -0.1) is 4.73 Å². The quantitative estimate of drug-likeness (QED) is 0.769. The van der Waals surface area contributed by atoms with E-state index in [1.54, 1.807) is 18.2 Å². The number of rotatable bonds is 5. The Labute approximate surface area is 144 Å². The van der Waals surface area contributed by atoms with Gasteiger partial charge < -0.3 is 9.94 Å². The zero-order valence-electron chi connectivity index (χ0n) is 13.3. The van der Waals surface area contributed by atoms with Crippen molar-refractivity contribution in [3.05, 3.63) is 69.6 Å². The first-order valence-electron chi connectivity index (χ1n) is 7.84. The highest BCUT2D eigenvalue weighted by atomic mass is 35.5. The van der Waals surface area contributed by atoms with Gasteiger partial charge in [-0.05, 0) is 35.6 Å². The Hall–Kier alpha value is -2.30. The summed E-state index contributed by atoms with van der Waals surface area (Å²) in [6, 6.07) is 14.7. The molecule has 0 amide bonds. The van der Waals surface area contributed by atoms with E-state index in [1.165, 1.54) is 4.73 Å². The van der Waals surface area contributed by atoms with Crippen LogP contribution in [0.25, 0.3) is 21.9 Å². The Balaban J connectivity index is 2.43. The first-order valence-corrected chi connectivity index (χ1v) is 8.22. The Morgan fingerprint density at radius 2 is 1.88 bits per heavy atom. The predicted molar refractivity (Wildman–Crippen MR) is 96.3 cm³/mol. The minimum atomic E-state index is -0.314. The lowest BCUT2D eigenvalue weighted by atomic mass is 9.97. The maximum atomic E-state index is 12.8. The normalized spacial score (nSPS) is 11.0. The highest BCUT2D eigenvalue weighted by Crippen LogP contribution is 2.32. The summed E-state index contributed by atoms with van der Waals surface area (Å²) in [5.74, 6) is 0. The van der Waals surface area contributed by atoms with E-state index in [0.717, 1.165) is 17.5 Å². The van der Waals surface area contributed by atoms with E-state index < -0.39 is 0 Å².